The van der Waals surface area contributed by atoms with Gasteiger partial charge in [0, 0.05) is 0 Å². The Bertz CT molecular complexity index is 643. The molecule has 2 heteroatoms. The average Bonchev–Trinajstić information content (AvgIpc) is 2.36. The van der Waals surface area contributed by atoms with Crippen molar-refractivity contribution in [2.75, 3.05) is 0 Å². The van der Waals surface area contributed by atoms with Gasteiger partial charge in [0.2, 0.25) is 0 Å². The first-order chi connectivity index (χ1) is 10.1. The van der Waals surface area contributed by atoms with E-state index in [2.05, 4.69) is 81.5 Å². The van der Waals surface area contributed by atoms with Crippen molar-refractivity contribution in [1.82, 2.24) is 4.98 Å². The van der Waals surface area contributed by atoms with E-state index >= 15 is 0 Å². The first kappa shape index (κ1) is 17.3. The third kappa shape index (κ3) is 4.45. The standard InChI is InChI=1S/C20H29GeN/c1-15-8-10-16(11-9-15)19-12-17(13-20(2,3)4)18(14-22-19)21(5,6)7/h8-12,14H,13H2,1-7H3. The van der Waals surface area contributed by atoms with Gasteiger partial charge >= 0.3 is 138 Å². The number of nitrogens with zero attached hydrogens (tertiary/aromatic N) is 1. The molecule has 0 aliphatic rings. The molecule has 22 heavy (non-hydrogen) atoms. The van der Waals surface area contributed by atoms with Gasteiger partial charge in [-0.25, -0.2) is 0 Å². The maximum atomic E-state index is 4.78. The van der Waals surface area contributed by atoms with Crippen molar-refractivity contribution < 1.29 is 0 Å². The number of aryl methyl sites for hydroxylation is 1. The molecule has 0 saturated carbocycles. The predicted molar refractivity (Wildman–Crippen MR) is 101 cm³/mol. The summed E-state index contributed by atoms with van der Waals surface area (Å²) in [4.78, 5) is 4.78. The number of rotatable bonds is 3. The van der Waals surface area contributed by atoms with E-state index in [9.17, 15) is 0 Å². The molecule has 2 rings (SSSR count). The van der Waals surface area contributed by atoms with Crippen molar-refractivity contribution in [2.24, 2.45) is 5.41 Å². The molecular weight excluding hydrogens is 327 g/mol. The van der Waals surface area contributed by atoms with Crippen LogP contribution < -0.4 is 4.40 Å². The van der Waals surface area contributed by atoms with Gasteiger partial charge in [0.05, 0.1) is 0 Å². The molecule has 0 amide bonds. The van der Waals surface area contributed by atoms with Crippen LogP contribution in [-0.2, 0) is 6.42 Å². The molecule has 0 unspecified atom stereocenters. The molecule has 0 N–H and O–H groups in total. The summed E-state index contributed by atoms with van der Waals surface area (Å²) in [7, 11) is 0. The Morgan fingerprint density at radius 3 is 2.09 bits per heavy atom. The van der Waals surface area contributed by atoms with Crippen LogP contribution in [-0.4, -0.2) is 18.3 Å². The van der Waals surface area contributed by atoms with Crippen LogP contribution in [0, 0.1) is 12.3 Å². The van der Waals surface area contributed by atoms with Crippen LogP contribution in [0.4, 0.5) is 0 Å². The van der Waals surface area contributed by atoms with Gasteiger partial charge < -0.3 is 0 Å². The first-order valence-corrected chi connectivity index (χ1v) is 15.5. The molecule has 0 aliphatic carbocycles. The summed E-state index contributed by atoms with van der Waals surface area (Å²) < 4.78 is 1.55. The van der Waals surface area contributed by atoms with E-state index in [1.54, 1.807) is 4.40 Å². The van der Waals surface area contributed by atoms with Gasteiger partial charge in [-0.3, -0.25) is 0 Å². The van der Waals surface area contributed by atoms with Crippen LogP contribution in [0.15, 0.2) is 36.5 Å². The van der Waals surface area contributed by atoms with E-state index < -0.39 is 13.3 Å². The summed E-state index contributed by atoms with van der Waals surface area (Å²) in [5.74, 6) is 7.36. The van der Waals surface area contributed by atoms with E-state index in [1.807, 2.05) is 0 Å². The molecule has 118 valence electrons. The van der Waals surface area contributed by atoms with Crippen LogP contribution in [0.1, 0.15) is 31.9 Å². The van der Waals surface area contributed by atoms with Crippen molar-refractivity contribution in [1.29, 1.82) is 0 Å². The fraction of sp³-hybridized carbons (Fsp3) is 0.450. The van der Waals surface area contributed by atoms with Crippen LogP contribution >= 0.6 is 0 Å². The molecule has 0 bridgehead atoms. The van der Waals surface area contributed by atoms with Crippen molar-refractivity contribution in [2.45, 2.75) is 51.4 Å². The summed E-state index contributed by atoms with van der Waals surface area (Å²) in [6.45, 7) is 9.08. The van der Waals surface area contributed by atoms with E-state index in [1.165, 1.54) is 16.7 Å². The van der Waals surface area contributed by atoms with Crippen LogP contribution in [0.3, 0.4) is 0 Å². The molecule has 1 aromatic carbocycles. The third-order valence-electron chi connectivity index (χ3n) is 3.87. The SMILES string of the molecule is Cc1ccc(-c2cc(CC(C)(C)C)[c]([Ge]([CH3])([CH3])[CH3])cn2)cc1. The number of hydrogen-bond acceptors (Lipinski definition) is 1. The van der Waals surface area contributed by atoms with E-state index in [0.717, 1.165) is 12.1 Å². The maximum absolute atomic E-state index is 4.78. The second kappa shape index (κ2) is 6.19. The van der Waals surface area contributed by atoms with Crippen molar-refractivity contribution in [3.63, 3.8) is 0 Å². The molecule has 0 atom stereocenters. The number of hydrogen-bond donors (Lipinski definition) is 0. The molecule has 0 saturated heterocycles. The molecule has 1 aromatic heterocycles. The Kier molecular flexibility index (Phi) is 4.86. The fourth-order valence-corrected chi connectivity index (χ4v) is 6.08. The van der Waals surface area contributed by atoms with Gasteiger partial charge in [0.15, 0.2) is 0 Å². The number of benzene rings is 1. The molecule has 0 spiro atoms. The zero-order valence-electron chi connectivity index (χ0n) is 15.1. The first-order valence-electron chi connectivity index (χ1n) is 8.13. The summed E-state index contributed by atoms with van der Waals surface area (Å²) in [6, 6.07) is 11.0. The molecule has 0 aliphatic heterocycles. The van der Waals surface area contributed by atoms with Gasteiger partial charge in [0.25, 0.3) is 0 Å². The Hall–Kier alpha value is -1.09. The van der Waals surface area contributed by atoms with E-state index in [0.29, 0.717) is 5.41 Å². The van der Waals surface area contributed by atoms with Gasteiger partial charge in [0.1, 0.15) is 0 Å². The molecule has 1 nitrogen and oxygen atoms in total. The summed E-state index contributed by atoms with van der Waals surface area (Å²) in [5.41, 5.74) is 5.42. The zero-order valence-corrected chi connectivity index (χ0v) is 17.2. The van der Waals surface area contributed by atoms with Crippen LogP contribution in [0.2, 0.25) is 17.3 Å². The minimum absolute atomic E-state index is 0.300. The van der Waals surface area contributed by atoms with E-state index in [-0.39, 0.29) is 0 Å². The minimum atomic E-state index is -1.90. The average molecular weight is 356 g/mol. The fourth-order valence-electron chi connectivity index (χ4n) is 2.77. The Morgan fingerprint density at radius 2 is 1.59 bits per heavy atom. The summed E-state index contributed by atoms with van der Waals surface area (Å²) >= 11 is -1.90. The number of pyridine rings is 1. The Morgan fingerprint density at radius 1 is 1.00 bits per heavy atom. The molecule has 0 radical (unpaired) electrons. The molecular formula is C20H29GeN. The van der Waals surface area contributed by atoms with Gasteiger partial charge in [-0.15, -0.1) is 0 Å². The van der Waals surface area contributed by atoms with Crippen molar-refractivity contribution in [3.05, 3.63) is 47.7 Å². The predicted octanol–water partition coefficient (Wildman–Crippen LogP) is 5.19. The second-order valence-corrected chi connectivity index (χ2v) is 19.2. The zero-order chi connectivity index (χ0) is 16.5. The van der Waals surface area contributed by atoms with Gasteiger partial charge in [-0.05, 0) is 0 Å². The monoisotopic (exact) mass is 357 g/mol. The normalized spacial score (nSPS) is 12.5. The topological polar surface area (TPSA) is 12.9 Å². The summed E-state index contributed by atoms with van der Waals surface area (Å²) in [6.07, 6.45) is 3.28. The summed E-state index contributed by atoms with van der Waals surface area (Å²) in [5, 5.41) is 0. The van der Waals surface area contributed by atoms with Crippen molar-refractivity contribution in [3.8, 4) is 11.3 Å². The van der Waals surface area contributed by atoms with Crippen molar-refractivity contribution >= 4 is 17.7 Å². The van der Waals surface area contributed by atoms with Crippen LogP contribution in [0.5, 0.6) is 0 Å². The third-order valence-corrected chi connectivity index (χ3v) is 8.20. The quantitative estimate of drug-likeness (QED) is 0.690. The number of aromatic nitrogens is 1. The Labute approximate surface area is 138 Å². The van der Waals surface area contributed by atoms with Gasteiger partial charge in [-0.1, -0.05) is 0 Å². The molecule has 1 heterocycles. The van der Waals surface area contributed by atoms with Crippen LogP contribution in [0.25, 0.3) is 11.3 Å². The molecule has 0 fully saturated rings. The molecule has 2 aromatic rings. The van der Waals surface area contributed by atoms with E-state index in [4.69, 9.17) is 4.98 Å². The second-order valence-electron chi connectivity index (χ2n) is 8.58. The Balaban J connectivity index is 2.51. The van der Waals surface area contributed by atoms with Gasteiger partial charge in [-0.2, -0.15) is 0 Å².